The smallest absolute Gasteiger partial charge is 0.326 e. The van der Waals surface area contributed by atoms with E-state index in [4.69, 9.17) is 9.72 Å². The van der Waals surface area contributed by atoms with E-state index in [0.717, 1.165) is 53.7 Å². The van der Waals surface area contributed by atoms with Gasteiger partial charge >= 0.3 is 5.97 Å². The monoisotopic (exact) mass is 483 g/mol. The Morgan fingerprint density at radius 3 is 2.36 bits per heavy atom. The number of amides is 1. The lowest BCUT2D eigenvalue weighted by molar-refractivity contribution is -0.143. The number of aromatic nitrogens is 2. The third-order valence-corrected chi connectivity index (χ3v) is 6.15. The van der Waals surface area contributed by atoms with Crippen molar-refractivity contribution in [3.8, 4) is 11.1 Å². The van der Waals surface area contributed by atoms with E-state index in [1.54, 1.807) is 0 Å². The molecule has 186 valence electrons. The summed E-state index contributed by atoms with van der Waals surface area (Å²) < 4.78 is 7.10. The number of aryl methyl sites for hydroxylation is 1. The molecular formula is C30H33N3O3. The number of fused-ring (bicyclic) bond motifs is 1. The zero-order valence-electron chi connectivity index (χ0n) is 20.8. The van der Waals surface area contributed by atoms with Crippen LogP contribution < -0.4 is 5.32 Å². The van der Waals surface area contributed by atoms with Crippen LogP contribution in [-0.4, -0.2) is 34.6 Å². The van der Waals surface area contributed by atoms with E-state index in [2.05, 4.69) is 29.6 Å². The van der Waals surface area contributed by atoms with Gasteiger partial charge in [0.1, 0.15) is 12.4 Å². The minimum Gasteiger partial charge on any atom is -0.465 e. The Kier molecular flexibility index (Phi) is 8.87. The molecule has 0 aliphatic heterocycles. The number of para-hydroxylation sites is 2. The molecule has 4 rings (SSSR count). The Morgan fingerprint density at radius 2 is 1.58 bits per heavy atom. The Morgan fingerprint density at radius 1 is 0.861 bits per heavy atom. The van der Waals surface area contributed by atoms with E-state index >= 15 is 0 Å². The molecule has 4 aromatic rings. The van der Waals surface area contributed by atoms with Crippen molar-refractivity contribution in [2.75, 3.05) is 13.2 Å². The van der Waals surface area contributed by atoms with Gasteiger partial charge in [0.15, 0.2) is 0 Å². The molecule has 0 aliphatic carbocycles. The fourth-order valence-corrected chi connectivity index (χ4v) is 4.33. The normalized spacial score (nSPS) is 10.9. The molecule has 0 fully saturated rings. The predicted molar refractivity (Wildman–Crippen MR) is 143 cm³/mol. The second-order valence-electron chi connectivity index (χ2n) is 8.81. The zero-order chi connectivity index (χ0) is 25.2. The molecule has 0 spiro atoms. The molecular weight excluding hydrogens is 450 g/mol. The van der Waals surface area contributed by atoms with Crippen LogP contribution in [0.1, 0.15) is 37.6 Å². The number of imidazole rings is 1. The number of rotatable bonds is 12. The molecule has 6 heteroatoms. The van der Waals surface area contributed by atoms with Crippen molar-refractivity contribution in [1.82, 2.24) is 14.9 Å². The van der Waals surface area contributed by atoms with E-state index in [1.165, 1.54) is 5.56 Å². The van der Waals surface area contributed by atoms with Crippen LogP contribution in [0.25, 0.3) is 22.2 Å². The van der Waals surface area contributed by atoms with Crippen LogP contribution in [0.5, 0.6) is 0 Å². The average molecular weight is 484 g/mol. The van der Waals surface area contributed by atoms with Crippen LogP contribution in [-0.2, 0) is 33.7 Å². The lowest BCUT2D eigenvalue weighted by Gasteiger charge is -2.09. The Bertz CT molecular complexity index is 1280. The maximum Gasteiger partial charge on any atom is 0.326 e. The van der Waals surface area contributed by atoms with Gasteiger partial charge in [-0.1, -0.05) is 73.2 Å². The highest BCUT2D eigenvalue weighted by molar-refractivity contribution is 5.79. The van der Waals surface area contributed by atoms with Gasteiger partial charge in [0.25, 0.3) is 0 Å². The molecule has 3 aromatic carbocycles. The number of nitrogens with zero attached hydrogens (tertiary/aromatic N) is 2. The van der Waals surface area contributed by atoms with Gasteiger partial charge in [-0.25, -0.2) is 4.98 Å². The third kappa shape index (κ3) is 6.81. The van der Waals surface area contributed by atoms with Crippen molar-refractivity contribution in [3.63, 3.8) is 0 Å². The minimum atomic E-state index is -0.251. The maximum atomic E-state index is 12.4. The average Bonchev–Trinajstić information content (AvgIpc) is 3.24. The number of carbonyl (C=O) groups is 2. The maximum absolute atomic E-state index is 12.4. The molecule has 1 N–H and O–H groups in total. The number of nitrogens with one attached hydrogen (secondary N) is 1. The first-order valence-electron chi connectivity index (χ1n) is 12.6. The van der Waals surface area contributed by atoms with Gasteiger partial charge in [-0.2, -0.15) is 0 Å². The fraction of sp³-hybridized carbons (Fsp3) is 0.300. The summed E-state index contributed by atoms with van der Waals surface area (Å²) in [6.45, 7) is 3.00. The van der Waals surface area contributed by atoms with Crippen molar-refractivity contribution in [2.24, 2.45) is 0 Å². The number of benzene rings is 3. The number of unbranched alkanes of at least 4 members (excludes halogenated alkanes) is 2. The second-order valence-corrected chi connectivity index (χ2v) is 8.81. The van der Waals surface area contributed by atoms with Crippen molar-refractivity contribution in [3.05, 3.63) is 90.3 Å². The highest BCUT2D eigenvalue weighted by Gasteiger charge is 2.14. The van der Waals surface area contributed by atoms with Gasteiger partial charge in [0.05, 0.1) is 24.1 Å². The van der Waals surface area contributed by atoms with E-state index < -0.39 is 0 Å². The Labute approximate surface area is 212 Å². The summed E-state index contributed by atoms with van der Waals surface area (Å²) in [7, 11) is 0. The first-order valence-corrected chi connectivity index (χ1v) is 12.6. The lowest BCUT2D eigenvalue weighted by atomic mass is 10.0. The Hall–Kier alpha value is -3.93. The number of hydrogen-bond donors (Lipinski definition) is 1. The topological polar surface area (TPSA) is 73.2 Å². The largest absolute Gasteiger partial charge is 0.465 e. The molecule has 1 aromatic heterocycles. The highest BCUT2D eigenvalue weighted by atomic mass is 16.5. The summed E-state index contributed by atoms with van der Waals surface area (Å²) in [6.07, 6.45) is 3.96. The van der Waals surface area contributed by atoms with Gasteiger partial charge < -0.3 is 14.6 Å². The van der Waals surface area contributed by atoms with Crippen LogP contribution in [0, 0.1) is 0 Å². The van der Waals surface area contributed by atoms with Crippen LogP contribution in [0.2, 0.25) is 0 Å². The van der Waals surface area contributed by atoms with Crippen molar-refractivity contribution in [2.45, 2.75) is 45.6 Å². The zero-order valence-corrected chi connectivity index (χ0v) is 20.8. The van der Waals surface area contributed by atoms with Crippen LogP contribution in [0.4, 0.5) is 0 Å². The van der Waals surface area contributed by atoms with Crippen molar-refractivity contribution < 1.29 is 14.3 Å². The molecule has 0 unspecified atom stereocenters. The standard InChI is InChI=1S/C30H33N3O3/c1-2-36-30(35)22-33-27-14-9-8-13-26(27)32-28(33)15-7-4-10-20-31-29(34)21-23-16-18-25(19-17-23)24-11-5-3-6-12-24/h3,5-6,8-9,11-14,16-19H,2,4,7,10,15,20-22H2,1H3,(H,31,34). The SMILES string of the molecule is CCOC(=O)Cn1c(CCCCCNC(=O)Cc2ccc(-c3ccccc3)cc2)nc2ccccc21. The van der Waals surface area contributed by atoms with Gasteiger partial charge in [-0.15, -0.1) is 0 Å². The first-order chi connectivity index (χ1) is 17.6. The lowest BCUT2D eigenvalue weighted by Crippen LogP contribution is -2.26. The quantitative estimate of drug-likeness (QED) is 0.218. The summed E-state index contributed by atoms with van der Waals surface area (Å²) >= 11 is 0. The number of ether oxygens (including phenoxy) is 1. The minimum absolute atomic E-state index is 0.0405. The molecule has 6 nitrogen and oxygen atoms in total. The molecule has 0 atom stereocenters. The summed E-state index contributed by atoms with van der Waals surface area (Å²) in [5.41, 5.74) is 5.17. The molecule has 1 amide bonds. The molecule has 1 heterocycles. The van der Waals surface area contributed by atoms with Gasteiger partial charge in [-0.3, -0.25) is 9.59 Å². The first kappa shape index (κ1) is 25.2. The number of hydrogen-bond acceptors (Lipinski definition) is 4. The van der Waals surface area contributed by atoms with Crippen LogP contribution in [0.15, 0.2) is 78.9 Å². The van der Waals surface area contributed by atoms with Crippen LogP contribution in [0.3, 0.4) is 0 Å². The van der Waals surface area contributed by atoms with Crippen molar-refractivity contribution in [1.29, 1.82) is 0 Å². The number of esters is 1. The molecule has 36 heavy (non-hydrogen) atoms. The van der Waals surface area contributed by atoms with Gasteiger partial charge in [0, 0.05) is 13.0 Å². The van der Waals surface area contributed by atoms with Crippen molar-refractivity contribution >= 4 is 22.9 Å². The fourth-order valence-electron chi connectivity index (χ4n) is 4.33. The predicted octanol–water partition coefficient (Wildman–Crippen LogP) is 5.34. The number of carbonyl (C=O) groups excluding carboxylic acids is 2. The van der Waals surface area contributed by atoms with Gasteiger partial charge in [-0.05, 0) is 48.6 Å². The molecule has 0 bridgehead atoms. The summed E-state index contributed by atoms with van der Waals surface area (Å²) in [4.78, 5) is 29.2. The second kappa shape index (κ2) is 12.7. The molecule has 0 radical (unpaired) electrons. The van der Waals surface area contributed by atoms with E-state index in [1.807, 2.05) is 66.1 Å². The summed E-state index contributed by atoms with van der Waals surface area (Å²) in [5.74, 6) is 0.685. The molecule has 0 saturated heterocycles. The summed E-state index contributed by atoms with van der Waals surface area (Å²) in [6, 6.07) is 26.2. The molecule has 0 saturated carbocycles. The Balaban J connectivity index is 1.20. The highest BCUT2D eigenvalue weighted by Crippen LogP contribution is 2.20. The van der Waals surface area contributed by atoms with E-state index in [0.29, 0.717) is 19.6 Å². The van der Waals surface area contributed by atoms with E-state index in [-0.39, 0.29) is 18.4 Å². The molecule has 0 aliphatic rings. The third-order valence-electron chi connectivity index (χ3n) is 6.15. The van der Waals surface area contributed by atoms with Gasteiger partial charge in [0.2, 0.25) is 5.91 Å². The van der Waals surface area contributed by atoms with Crippen LogP contribution >= 0.6 is 0 Å². The summed E-state index contributed by atoms with van der Waals surface area (Å²) in [5, 5.41) is 3.03. The van der Waals surface area contributed by atoms with E-state index in [9.17, 15) is 9.59 Å².